The Labute approximate surface area is 126 Å². The first kappa shape index (κ1) is 15.5. The van der Waals surface area contributed by atoms with E-state index in [1.54, 1.807) is 4.90 Å². The third-order valence-corrected chi connectivity index (χ3v) is 3.37. The van der Waals surface area contributed by atoms with Gasteiger partial charge in [0.1, 0.15) is 5.60 Å². The summed E-state index contributed by atoms with van der Waals surface area (Å²) in [5.74, 6) is 6.72. The summed E-state index contributed by atoms with van der Waals surface area (Å²) in [6.07, 6.45) is -0.236. The number of aliphatic imine (C=N–C) groups is 1. The molecule has 0 saturated carbocycles. The molecule has 1 atom stereocenters. The lowest BCUT2D eigenvalue weighted by Crippen LogP contribution is -2.57. The molecule has 0 spiro atoms. The Morgan fingerprint density at radius 2 is 2.24 bits per heavy atom. The van der Waals surface area contributed by atoms with Crippen LogP contribution in [0.5, 0.6) is 0 Å². The van der Waals surface area contributed by atoms with Gasteiger partial charge >= 0.3 is 6.09 Å². The molecule has 0 aromatic rings. The average Bonchev–Trinajstić information content (AvgIpc) is 2.80. The lowest BCUT2D eigenvalue weighted by Gasteiger charge is -2.39. The Hall–Kier alpha value is -1.90. The van der Waals surface area contributed by atoms with Gasteiger partial charge in [-0.3, -0.25) is 4.99 Å². The van der Waals surface area contributed by atoms with Gasteiger partial charge in [0.05, 0.1) is 19.1 Å². The van der Waals surface area contributed by atoms with Crippen molar-refractivity contribution in [3.8, 4) is 11.8 Å². The van der Waals surface area contributed by atoms with Gasteiger partial charge in [0, 0.05) is 19.6 Å². The lowest BCUT2D eigenvalue weighted by molar-refractivity contribution is 0.0137. The van der Waals surface area contributed by atoms with Crippen molar-refractivity contribution in [1.29, 1.82) is 0 Å². The first-order valence-electron chi connectivity index (χ1n) is 7.33. The van der Waals surface area contributed by atoms with Crippen LogP contribution in [0.2, 0.25) is 0 Å². The fraction of sp³-hybridized carbons (Fsp3) is 0.733. The van der Waals surface area contributed by atoms with Gasteiger partial charge in [-0.15, -0.1) is 5.92 Å². The Morgan fingerprint density at radius 3 is 2.90 bits per heavy atom. The van der Waals surface area contributed by atoms with E-state index >= 15 is 0 Å². The zero-order chi connectivity index (χ0) is 15.5. The predicted octanol–water partition coefficient (Wildman–Crippen LogP) is 0.890. The van der Waals surface area contributed by atoms with E-state index in [-0.39, 0.29) is 12.1 Å². The van der Waals surface area contributed by atoms with Crippen LogP contribution in [0.25, 0.3) is 0 Å². The maximum atomic E-state index is 12.1. The zero-order valence-electron chi connectivity index (χ0n) is 13.3. The summed E-state index contributed by atoms with van der Waals surface area (Å²) >= 11 is 0. The van der Waals surface area contributed by atoms with Crippen molar-refractivity contribution < 1.29 is 9.53 Å². The third-order valence-electron chi connectivity index (χ3n) is 3.37. The number of hydrogen-bond acceptors (Lipinski definition) is 5. The van der Waals surface area contributed by atoms with E-state index in [0.29, 0.717) is 26.2 Å². The van der Waals surface area contributed by atoms with Crippen LogP contribution in [0.3, 0.4) is 0 Å². The molecule has 0 aromatic heterocycles. The Kier molecular flexibility index (Phi) is 4.61. The van der Waals surface area contributed by atoms with Crippen molar-refractivity contribution in [2.24, 2.45) is 4.99 Å². The molecule has 1 unspecified atom stereocenters. The molecule has 1 saturated heterocycles. The standard InChI is InChI=1S/C15H24N4O2/c1-5-6-7-16-13-17-10-12-11-18(8-9-19(12)13)14(20)21-15(2,3)4/h12H,7-11H2,1-4H3,(H,16,17). The Bertz CT molecular complexity index is 484. The van der Waals surface area contributed by atoms with Gasteiger partial charge < -0.3 is 19.9 Å². The van der Waals surface area contributed by atoms with Gasteiger partial charge in [-0.25, -0.2) is 4.79 Å². The first-order chi connectivity index (χ1) is 9.90. The van der Waals surface area contributed by atoms with Crippen molar-refractivity contribution in [3.05, 3.63) is 0 Å². The molecule has 6 nitrogen and oxygen atoms in total. The minimum Gasteiger partial charge on any atom is -0.444 e. The largest absolute Gasteiger partial charge is 0.444 e. The SMILES string of the molecule is CC#CCNC1=NCC2CN(C(=O)OC(C)(C)C)CCN12. The Morgan fingerprint density at radius 1 is 1.48 bits per heavy atom. The summed E-state index contributed by atoms with van der Waals surface area (Å²) in [5, 5.41) is 3.23. The van der Waals surface area contributed by atoms with E-state index in [4.69, 9.17) is 4.74 Å². The molecular formula is C15H24N4O2. The molecule has 2 heterocycles. The smallest absolute Gasteiger partial charge is 0.410 e. The molecule has 2 aliphatic rings. The summed E-state index contributed by atoms with van der Waals surface area (Å²) in [6, 6.07) is 0.239. The van der Waals surface area contributed by atoms with Crippen LogP contribution in [-0.4, -0.2) is 66.2 Å². The van der Waals surface area contributed by atoms with E-state index in [0.717, 1.165) is 12.5 Å². The van der Waals surface area contributed by atoms with Crippen molar-refractivity contribution >= 4 is 12.1 Å². The molecule has 0 aliphatic carbocycles. The summed E-state index contributed by atoms with van der Waals surface area (Å²) < 4.78 is 5.43. The number of nitrogens with zero attached hydrogens (tertiary/aromatic N) is 3. The second kappa shape index (κ2) is 6.25. The third kappa shape index (κ3) is 4.03. The summed E-state index contributed by atoms with van der Waals surface area (Å²) in [5.41, 5.74) is -0.452. The van der Waals surface area contributed by atoms with Crippen molar-refractivity contribution in [2.45, 2.75) is 39.3 Å². The van der Waals surface area contributed by atoms with Crippen molar-refractivity contribution in [2.75, 3.05) is 32.7 Å². The molecule has 0 radical (unpaired) electrons. The van der Waals surface area contributed by atoms with Crippen molar-refractivity contribution in [1.82, 2.24) is 15.1 Å². The number of guanidine groups is 1. The van der Waals surface area contributed by atoms with E-state index in [9.17, 15) is 4.79 Å². The minimum atomic E-state index is -0.452. The zero-order valence-corrected chi connectivity index (χ0v) is 13.3. The highest BCUT2D eigenvalue weighted by Crippen LogP contribution is 2.18. The van der Waals surface area contributed by atoms with Gasteiger partial charge in [-0.05, 0) is 27.7 Å². The number of nitrogens with one attached hydrogen (secondary N) is 1. The van der Waals surface area contributed by atoms with E-state index in [2.05, 4.69) is 27.0 Å². The second-order valence-electron chi connectivity index (χ2n) is 6.22. The summed E-state index contributed by atoms with van der Waals surface area (Å²) in [7, 11) is 0. The van der Waals surface area contributed by atoms with E-state index in [1.807, 2.05) is 27.7 Å². The number of hydrogen-bond donors (Lipinski definition) is 1. The van der Waals surface area contributed by atoms with E-state index < -0.39 is 5.60 Å². The Balaban J connectivity index is 1.87. The number of carbonyl (C=O) groups is 1. The number of amides is 1. The van der Waals surface area contributed by atoms with Crippen LogP contribution in [0.4, 0.5) is 4.79 Å². The van der Waals surface area contributed by atoms with Gasteiger partial charge in [0.2, 0.25) is 0 Å². The quantitative estimate of drug-likeness (QED) is 0.729. The highest BCUT2D eigenvalue weighted by molar-refractivity contribution is 5.82. The molecule has 0 aromatic carbocycles. The molecule has 0 bridgehead atoms. The molecule has 116 valence electrons. The maximum absolute atomic E-state index is 12.1. The van der Waals surface area contributed by atoms with Crippen LogP contribution < -0.4 is 5.32 Å². The minimum absolute atomic E-state index is 0.236. The predicted molar refractivity (Wildman–Crippen MR) is 82.1 cm³/mol. The monoisotopic (exact) mass is 292 g/mol. The highest BCUT2D eigenvalue weighted by atomic mass is 16.6. The van der Waals surface area contributed by atoms with Gasteiger partial charge in [-0.2, -0.15) is 0 Å². The molecule has 2 rings (SSSR count). The normalized spacial score (nSPS) is 21.1. The van der Waals surface area contributed by atoms with Gasteiger partial charge in [0.15, 0.2) is 5.96 Å². The number of ether oxygens (including phenoxy) is 1. The average molecular weight is 292 g/mol. The lowest BCUT2D eigenvalue weighted by atomic mass is 10.2. The van der Waals surface area contributed by atoms with Crippen LogP contribution >= 0.6 is 0 Å². The molecule has 21 heavy (non-hydrogen) atoms. The summed E-state index contributed by atoms with van der Waals surface area (Å²) in [6.45, 7) is 10.9. The number of piperazine rings is 1. The van der Waals surface area contributed by atoms with Crippen LogP contribution in [0.1, 0.15) is 27.7 Å². The molecule has 2 aliphatic heterocycles. The topological polar surface area (TPSA) is 57.2 Å². The van der Waals surface area contributed by atoms with Crippen LogP contribution in [-0.2, 0) is 4.74 Å². The van der Waals surface area contributed by atoms with Gasteiger partial charge in [-0.1, -0.05) is 5.92 Å². The molecule has 1 N–H and O–H groups in total. The number of fused-ring (bicyclic) bond motifs is 1. The second-order valence-corrected chi connectivity index (χ2v) is 6.22. The molecule has 1 fully saturated rings. The van der Waals surface area contributed by atoms with Crippen LogP contribution in [0.15, 0.2) is 4.99 Å². The van der Waals surface area contributed by atoms with E-state index in [1.165, 1.54) is 0 Å². The molecule has 6 heteroatoms. The van der Waals surface area contributed by atoms with Crippen LogP contribution in [0, 0.1) is 11.8 Å². The van der Waals surface area contributed by atoms with Crippen molar-refractivity contribution in [3.63, 3.8) is 0 Å². The maximum Gasteiger partial charge on any atom is 0.410 e. The molecular weight excluding hydrogens is 268 g/mol. The number of carbonyl (C=O) groups excluding carboxylic acids is 1. The fourth-order valence-corrected chi connectivity index (χ4v) is 2.43. The first-order valence-corrected chi connectivity index (χ1v) is 7.33. The molecule has 1 amide bonds. The summed E-state index contributed by atoms with van der Waals surface area (Å²) in [4.78, 5) is 20.6. The fourth-order valence-electron chi connectivity index (χ4n) is 2.43. The number of rotatable bonds is 1. The van der Waals surface area contributed by atoms with Gasteiger partial charge in [0.25, 0.3) is 0 Å². The highest BCUT2D eigenvalue weighted by Gasteiger charge is 2.36.